The molecule has 3 heterocycles. The Balaban J connectivity index is 1.54. The third-order valence-corrected chi connectivity index (χ3v) is 6.32. The molecule has 0 bridgehead atoms. The van der Waals surface area contributed by atoms with Crippen molar-refractivity contribution in [2.75, 3.05) is 0 Å². The molecule has 6 nitrogen and oxygen atoms in total. The van der Waals surface area contributed by atoms with Crippen LogP contribution < -0.4 is 5.56 Å². The number of hydrogen-bond acceptors (Lipinski definition) is 6. The fourth-order valence-electron chi connectivity index (χ4n) is 3.37. The predicted molar refractivity (Wildman–Crippen MR) is 121 cm³/mol. The molecular weight excluding hydrogens is 464 g/mol. The zero-order chi connectivity index (χ0) is 20.7. The lowest BCUT2D eigenvalue weighted by atomic mass is 10.0. The Kier molecular flexibility index (Phi) is 4.80. The third-order valence-electron chi connectivity index (χ3n) is 4.78. The van der Waals surface area contributed by atoms with Crippen molar-refractivity contribution in [3.8, 4) is 22.6 Å². The van der Waals surface area contributed by atoms with Crippen molar-refractivity contribution < 1.29 is 4.42 Å². The van der Waals surface area contributed by atoms with Gasteiger partial charge in [0.2, 0.25) is 11.8 Å². The van der Waals surface area contributed by atoms with Crippen molar-refractivity contribution in [1.29, 1.82) is 0 Å². The van der Waals surface area contributed by atoms with E-state index < -0.39 is 0 Å². The molecule has 0 spiro atoms. The largest absolute Gasteiger partial charge is 0.419 e. The molecule has 0 aliphatic heterocycles. The second-order valence-electron chi connectivity index (χ2n) is 6.76. The number of halogens is 1. The highest BCUT2D eigenvalue weighted by Gasteiger charge is 2.18. The molecule has 2 aromatic carbocycles. The van der Waals surface area contributed by atoms with E-state index in [4.69, 9.17) is 4.42 Å². The highest BCUT2D eigenvalue weighted by molar-refractivity contribution is 9.10. The molecule has 0 aliphatic carbocycles. The Hall–Kier alpha value is -3.10. The van der Waals surface area contributed by atoms with Crippen LogP contribution in [0.15, 0.2) is 74.6 Å². The zero-order valence-corrected chi connectivity index (χ0v) is 18.3. The number of aryl methyl sites for hydroxylation is 1. The molecule has 5 aromatic rings. The molecule has 0 radical (unpaired) electrons. The van der Waals surface area contributed by atoms with Crippen molar-refractivity contribution in [3.63, 3.8) is 0 Å². The third kappa shape index (κ3) is 3.38. The Morgan fingerprint density at radius 3 is 2.57 bits per heavy atom. The van der Waals surface area contributed by atoms with Gasteiger partial charge < -0.3 is 4.42 Å². The maximum atomic E-state index is 13.3. The summed E-state index contributed by atoms with van der Waals surface area (Å²) in [5.41, 5.74) is 2.64. The van der Waals surface area contributed by atoms with E-state index in [9.17, 15) is 4.79 Å². The van der Waals surface area contributed by atoms with Gasteiger partial charge in [0.25, 0.3) is 5.56 Å². The smallest absolute Gasteiger partial charge is 0.263 e. The van der Waals surface area contributed by atoms with Crippen LogP contribution in [0, 0.1) is 6.92 Å². The van der Waals surface area contributed by atoms with Gasteiger partial charge in [0.1, 0.15) is 11.4 Å². The quantitative estimate of drug-likeness (QED) is 0.350. The summed E-state index contributed by atoms with van der Waals surface area (Å²) in [5, 5.41) is 8.84. The van der Waals surface area contributed by atoms with E-state index >= 15 is 0 Å². The van der Waals surface area contributed by atoms with Crippen LogP contribution in [0.2, 0.25) is 0 Å². The van der Waals surface area contributed by atoms with Crippen molar-refractivity contribution >= 4 is 37.5 Å². The van der Waals surface area contributed by atoms with E-state index in [1.54, 1.807) is 6.33 Å². The number of aromatic nitrogens is 4. The van der Waals surface area contributed by atoms with Gasteiger partial charge in [0, 0.05) is 20.5 Å². The van der Waals surface area contributed by atoms with Gasteiger partial charge in [-0.25, -0.2) is 4.98 Å². The maximum Gasteiger partial charge on any atom is 0.263 e. The summed E-state index contributed by atoms with van der Waals surface area (Å²) in [4.78, 5) is 19.6. The summed E-state index contributed by atoms with van der Waals surface area (Å²) >= 11 is 4.93. The lowest BCUT2D eigenvalue weighted by Crippen LogP contribution is -2.21. The number of nitrogens with zero attached hydrogens (tertiary/aromatic N) is 4. The molecule has 0 atom stereocenters. The van der Waals surface area contributed by atoms with Gasteiger partial charge in [-0.2, -0.15) is 0 Å². The van der Waals surface area contributed by atoms with Crippen LogP contribution in [0.1, 0.15) is 10.8 Å². The summed E-state index contributed by atoms with van der Waals surface area (Å²) in [6, 6.07) is 17.5. The monoisotopic (exact) mass is 478 g/mol. The second-order valence-corrected chi connectivity index (χ2v) is 8.88. The number of rotatable bonds is 4. The average molecular weight is 479 g/mol. The second kappa shape index (κ2) is 7.62. The van der Waals surface area contributed by atoms with Crippen molar-refractivity contribution in [2.24, 2.45) is 0 Å². The summed E-state index contributed by atoms with van der Waals surface area (Å²) in [6.07, 6.45) is 1.54. The lowest BCUT2D eigenvalue weighted by molar-refractivity contribution is 0.483. The maximum absolute atomic E-state index is 13.3. The van der Waals surface area contributed by atoms with Crippen LogP contribution in [-0.4, -0.2) is 19.7 Å². The van der Waals surface area contributed by atoms with E-state index in [0.29, 0.717) is 17.2 Å². The normalized spacial score (nSPS) is 11.3. The molecule has 0 fully saturated rings. The molecular formula is C22H15BrN4O2S. The van der Waals surface area contributed by atoms with Gasteiger partial charge in [-0.15, -0.1) is 21.5 Å². The first-order valence-corrected chi connectivity index (χ1v) is 10.8. The summed E-state index contributed by atoms with van der Waals surface area (Å²) in [6.45, 7) is 2.18. The molecule has 0 amide bonds. The fourth-order valence-corrected chi connectivity index (χ4v) is 4.64. The number of benzene rings is 2. The Morgan fingerprint density at radius 2 is 1.80 bits per heavy atom. The fraction of sp³-hybridized carbons (Fsp3) is 0.0909. The van der Waals surface area contributed by atoms with E-state index in [1.807, 2.05) is 61.5 Å². The minimum Gasteiger partial charge on any atom is -0.419 e. The van der Waals surface area contributed by atoms with Gasteiger partial charge in [-0.05, 0) is 36.8 Å². The highest BCUT2D eigenvalue weighted by Crippen LogP contribution is 2.35. The molecule has 8 heteroatoms. The highest BCUT2D eigenvalue weighted by atomic mass is 79.9. The minimum absolute atomic E-state index is 0.119. The topological polar surface area (TPSA) is 73.8 Å². The van der Waals surface area contributed by atoms with E-state index in [0.717, 1.165) is 30.9 Å². The first kappa shape index (κ1) is 18.9. The predicted octanol–water partition coefficient (Wildman–Crippen LogP) is 5.29. The molecule has 3 aromatic heterocycles. The molecule has 5 rings (SSSR count). The first-order valence-electron chi connectivity index (χ1n) is 9.22. The Morgan fingerprint density at radius 1 is 1.03 bits per heavy atom. The number of hydrogen-bond donors (Lipinski definition) is 0. The van der Waals surface area contributed by atoms with Crippen molar-refractivity contribution in [2.45, 2.75) is 13.5 Å². The van der Waals surface area contributed by atoms with Gasteiger partial charge in [-0.3, -0.25) is 9.36 Å². The average Bonchev–Trinajstić information content (AvgIpc) is 3.35. The van der Waals surface area contributed by atoms with E-state index in [-0.39, 0.29) is 12.1 Å². The van der Waals surface area contributed by atoms with Crippen molar-refractivity contribution in [1.82, 2.24) is 19.7 Å². The van der Waals surface area contributed by atoms with Crippen LogP contribution in [0.5, 0.6) is 0 Å². The standard InChI is InChI=1S/C22H15BrN4O2S/c1-13-18(14-5-3-2-4-6-14)19-21(30-13)24-12-27(22(19)28)11-17-25-26-20(29-17)15-7-9-16(23)10-8-15/h2-10,12H,11H2,1H3. The molecule has 0 aliphatic rings. The summed E-state index contributed by atoms with van der Waals surface area (Å²) in [7, 11) is 0. The molecule has 0 saturated carbocycles. The Labute approximate surface area is 184 Å². The molecule has 0 unspecified atom stereocenters. The lowest BCUT2D eigenvalue weighted by Gasteiger charge is -2.04. The van der Waals surface area contributed by atoms with Gasteiger partial charge in [0.15, 0.2) is 0 Å². The summed E-state index contributed by atoms with van der Waals surface area (Å²) in [5.74, 6) is 0.764. The van der Waals surface area contributed by atoms with E-state index in [1.165, 1.54) is 15.9 Å². The molecule has 148 valence electrons. The number of fused-ring (bicyclic) bond motifs is 1. The molecule has 30 heavy (non-hydrogen) atoms. The van der Waals surface area contributed by atoms with Crippen molar-refractivity contribution in [3.05, 3.63) is 86.5 Å². The van der Waals surface area contributed by atoms with Crippen LogP contribution in [0.4, 0.5) is 0 Å². The van der Waals surface area contributed by atoms with E-state index in [2.05, 4.69) is 31.1 Å². The SMILES string of the molecule is Cc1sc2ncn(Cc3nnc(-c4ccc(Br)cc4)o3)c(=O)c2c1-c1ccccc1. The molecule has 0 saturated heterocycles. The van der Waals surface area contributed by atoms with Gasteiger partial charge >= 0.3 is 0 Å². The van der Waals surface area contributed by atoms with Crippen LogP contribution in [-0.2, 0) is 6.54 Å². The summed E-state index contributed by atoms with van der Waals surface area (Å²) < 4.78 is 8.26. The molecule has 0 N–H and O–H groups in total. The zero-order valence-electron chi connectivity index (χ0n) is 15.9. The Bertz CT molecular complexity index is 1410. The minimum atomic E-state index is -0.119. The van der Waals surface area contributed by atoms with Gasteiger partial charge in [0.05, 0.1) is 11.7 Å². The first-order chi connectivity index (χ1) is 14.6. The van der Waals surface area contributed by atoms with Gasteiger partial charge in [-0.1, -0.05) is 46.3 Å². The van der Waals surface area contributed by atoms with Crippen LogP contribution in [0.3, 0.4) is 0 Å². The van der Waals surface area contributed by atoms with Crippen LogP contribution >= 0.6 is 27.3 Å². The van der Waals surface area contributed by atoms with Crippen LogP contribution in [0.25, 0.3) is 32.8 Å². The number of thiophene rings is 1.